The molecule has 0 spiro atoms. The molecule has 188 valence electrons. The summed E-state index contributed by atoms with van der Waals surface area (Å²) in [6.45, 7) is 0. The second kappa shape index (κ2) is 12.2. The van der Waals surface area contributed by atoms with Gasteiger partial charge in [-0.2, -0.15) is 0 Å². The molecule has 0 saturated heterocycles. The first kappa shape index (κ1) is 26.0. The van der Waals surface area contributed by atoms with E-state index in [-0.39, 0.29) is 11.4 Å². The van der Waals surface area contributed by atoms with Crippen molar-refractivity contribution in [3.8, 4) is 34.5 Å². The van der Waals surface area contributed by atoms with Gasteiger partial charge < -0.3 is 34.1 Å². The zero-order chi connectivity index (χ0) is 26.1. The molecule has 8 nitrogen and oxygen atoms in total. The maximum absolute atomic E-state index is 12.6. The van der Waals surface area contributed by atoms with Gasteiger partial charge in [-0.1, -0.05) is 30.4 Å². The number of benzene rings is 3. The quantitative estimate of drug-likeness (QED) is 0.227. The Morgan fingerprint density at radius 1 is 0.722 bits per heavy atom. The summed E-state index contributed by atoms with van der Waals surface area (Å²) >= 11 is 0. The van der Waals surface area contributed by atoms with Crippen LogP contribution in [-0.2, 0) is 4.79 Å². The van der Waals surface area contributed by atoms with Crippen LogP contribution in [0.15, 0.2) is 54.6 Å². The third kappa shape index (κ3) is 6.09. The first-order valence-corrected chi connectivity index (χ1v) is 10.9. The Hall–Kier alpha value is -4.59. The third-order valence-electron chi connectivity index (χ3n) is 5.30. The average molecular weight is 492 g/mol. The molecule has 0 aliphatic rings. The van der Waals surface area contributed by atoms with Gasteiger partial charge in [0.25, 0.3) is 0 Å². The zero-order valence-electron chi connectivity index (χ0n) is 20.8. The molecule has 3 aromatic rings. The monoisotopic (exact) mass is 491 g/mol. The van der Waals surface area contributed by atoms with Crippen LogP contribution in [0, 0.1) is 0 Å². The van der Waals surface area contributed by atoms with E-state index in [1.807, 2.05) is 6.08 Å². The van der Waals surface area contributed by atoms with Gasteiger partial charge in [0.2, 0.25) is 11.7 Å². The van der Waals surface area contributed by atoms with Gasteiger partial charge in [0.05, 0.1) is 41.2 Å². The number of amides is 1. The largest absolute Gasteiger partial charge is 0.506 e. The lowest BCUT2D eigenvalue weighted by Gasteiger charge is -2.13. The topological polar surface area (TPSA) is 95.5 Å². The molecule has 0 aliphatic heterocycles. The van der Waals surface area contributed by atoms with E-state index in [0.717, 1.165) is 11.1 Å². The Bertz CT molecular complexity index is 1260. The number of phenols is 1. The van der Waals surface area contributed by atoms with E-state index in [1.165, 1.54) is 19.3 Å². The van der Waals surface area contributed by atoms with E-state index >= 15 is 0 Å². The average Bonchev–Trinajstić information content (AvgIpc) is 2.91. The Kier molecular flexibility index (Phi) is 8.83. The SMILES string of the molecule is COc1ccc(/C=C/C(=O)Nc2c(O)cccc2/C=C/c2cc(OC)c(OC)c(OC)c2)cc1OC. The van der Waals surface area contributed by atoms with Crippen molar-refractivity contribution in [1.82, 2.24) is 0 Å². The predicted octanol–water partition coefficient (Wildman–Crippen LogP) is 5.26. The fraction of sp³-hybridized carbons (Fsp3) is 0.179. The zero-order valence-corrected chi connectivity index (χ0v) is 20.8. The molecule has 0 aromatic heterocycles. The first-order valence-electron chi connectivity index (χ1n) is 10.9. The van der Waals surface area contributed by atoms with E-state index in [0.29, 0.717) is 34.3 Å². The highest BCUT2D eigenvalue weighted by Crippen LogP contribution is 2.39. The molecule has 1 amide bonds. The van der Waals surface area contributed by atoms with Crippen molar-refractivity contribution in [2.75, 3.05) is 40.9 Å². The number of rotatable bonds is 10. The van der Waals surface area contributed by atoms with Crippen molar-refractivity contribution in [1.29, 1.82) is 0 Å². The van der Waals surface area contributed by atoms with Gasteiger partial charge >= 0.3 is 0 Å². The highest BCUT2D eigenvalue weighted by Gasteiger charge is 2.13. The molecule has 0 bridgehead atoms. The smallest absolute Gasteiger partial charge is 0.248 e. The van der Waals surface area contributed by atoms with Crippen LogP contribution >= 0.6 is 0 Å². The molecular weight excluding hydrogens is 462 g/mol. The minimum atomic E-state index is -0.409. The molecule has 2 N–H and O–H groups in total. The van der Waals surface area contributed by atoms with Gasteiger partial charge in [-0.25, -0.2) is 0 Å². The van der Waals surface area contributed by atoms with E-state index < -0.39 is 5.91 Å². The van der Waals surface area contributed by atoms with Gasteiger partial charge in [-0.3, -0.25) is 4.79 Å². The van der Waals surface area contributed by atoms with E-state index in [9.17, 15) is 9.90 Å². The Morgan fingerprint density at radius 3 is 1.97 bits per heavy atom. The Balaban J connectivity index is 1.83. The molecule has 3 rings (SSSR count). The van der Waals surface area contributed by atoms with Gasteiger partial charge in [-0.05, 0) is 47.5 Å². The Labute approximate surface area is 210 Å². The van der Waals surface area contributed by atoms with E-state index in [2.05, 4.69) is 5.32 Å². The van der Waals surface area contributed by atoms with Crippen LogP contribution in [0.25, 0.3) is 18.2 Å². The highest BCUT2D eigenvalue weighted by atomic mass is 16.5. The number of aromatic hydroxyl groups is 1. The van der Waals surface area contributed by atoms with Crippen molar-refractivity contribution in [3.63, 3.8) is 0 Å². The summed E-state index contributed by atoms with van der Waals surface area (Å²) in [4.78, 5) is 12.6. The molecule has 0 aliphatic carbocycles. The second-order valence-electron chi connectivity index (χ2n) is 7.47. The fourth-order valence-corrected chi connectivity index (χ4v) is 3.51. The fourth-order valence-electron chi connectivity index (χ4n) is 3.51. The molecule has 8 heteroatoms. The lowest BCUT2D eigenvalue weighted by molar-refractivity contribution is -0.111. The number of carbonyl (C=O) groups is 1. The number of phenolic OH excluding ortho intramolecular Hbond substituents is 1. The summed E-state index contributed by atoms with van der Waals surface area (Å²) in [6, 6.07) is 13.9. The molecule has 0 atom stereocenters. The maximum atomic E-state index is 12.6. The van der Waals surface area contributed by atoms with Crippen LogP contribution in [0.5, 0.6) is 34.5 Å². The minimum absolute atomic E-state index is 0.0603. The third-order valence-corrected chi connectivity index (χ3v) is 5.30. The summed E-state index contributed by atoms with van der Waals surface area (Å²) in [6.07, 6.45) is 6.60. The van der Waals surface area contributed by atoms with E-state index in [4.69, 9.17) is 23.7 Å². The maximum Gasteiger partial charge on any atom is 0.248 e. The number of methoxy groups -OCH3 is 5. The van der Waals surface area contributed by atoms with E-state index in [1.54, 1.807) is 83.1 Å². The summed E-state index contributed by atoms with van der Waals surface area (Å²) < 4.78 is 26.7. The lowest BCUT2D eigenvalue weighted by atomic mass is 10.1. The summed E-state index contributed by atoms with van der Waals surface area (Å²) in [5.74, 6) is 2.20. The molecule has 0 unspecified atom stereocenters. The summed E-state index contributed by atoms with van der Waals surface area (Å²) in [5.41, 5.74) is 2.42. The van der Waals surface area contributed by atoms with Crippen LogP contribution in [0.2, 0.25) is 0 Å². The van der Waals surface area contributed by atoms with Crippen LogP contribution in [0.1, 0.15) is 16.7 Å². The van der Waals surface area contributed by atoms with Crippen molar-refractivity contribution in [2.45, 2.75) is 0 Å². The minimum Gasteiger partial charge on any atom is -0.506 e. The standard InChI is InChI=1S/C28H29NO7/c1-32-22-13-10-18(15-23(22)33-2)11-14-26(31)29-27-20(7-6-8-21(27)30)12-9-19-16-24(34-3)28(36-5)25(17-19)35-4/h6-17,30H,1-5H3,(H,29,31)/b12-9+,14-11+. The summed E-state index contributed by atoms with van der Waals surface area (Å²) in [5, 5.41) is 13.2. The molecular formula is C28H29NO7. The van der Waals surface area contributed by atoms with Gasteiger partial charge in [-0.15, -0.1) is 0 Å². The van der Waals surface area contributed by atoms with Crippen molar-refractivity contribution >= 4 is 29.8 Å². The van der Waals surface area contributed by atoms with Gasteiger partial charge in [0, 0.05) is 11.6 Å². The number of para-hydroxylation sites is 1. The predicted molar refractivity (Wildman–Crippen MR) is 140 cm³/mol. The van der Waals surface area contributed by atoms with Crippen molar-refractivity contribution < 1.29 is 33.6 Å². The molecule has 0 heterocycles. The molecule has 0 saturated carbocycles. The van der Waals surface area contributed by atoms with Crippen LogP contribution in [0.3, 0.4) is 0 Å². The normalized spacial score (nSPS) is 10.9. The van der Waals surface area contributed by atoms with Crippen molar-refractivity contribution in [2.24, 2.45) is 0 Å². The Morgan fingerprint density at radius 2 is 1.36 bits per heavy atom. The van der Waals surface area contributed by atoms with Crippen LogP contribution in [0.4, 0.5) is 5.69 Å². The summed E-state index contributed by atoms with van der Waals surface area (Å²) in [7, 11) is 7.73. The number of nitrogens with one attached hydrogen (secondary N) is 1. The number of hydrogen-bond acceptors (Lipinski definition) is 7. The van der Waals surface area contributed by atoms with Crippen LogP contribution < -0.4 is 29.0 Å². The first-order chi connectivity index (χ1) is 17.4. The molecule has 3 aromatic carbocycles. The molecule has 0 fully saturated rings. The second-order valence-corrected chi connectivity index (χ2v) is 7.47. The number of ether oxygens (including phenoxy) is 5. The number of anilines is 1. The van der Waals surface area contributed by atoms with Gasteiger partial charge in [0.1, 0.15) is 5.75 Å². The van der Waals surface area contributed by atoms with Gasteiger partial charge in [0.15, 0.2) is 23.0 Å². The lowest BCUT2D eigenvalue weighted by Crippen LogP contribution is -2.09. The molecule has 36 heavy (non-hydrogen) atoms. The number of hydrogen-bond donors (Lipinski definition) is 2. The molecule has 0 radical (unpaired) electrons. The van der Waals surface area contributed by atoms with Crippen molar-refractivity contribution in [3.05, 3.63) is 71.3 Å². The van der Waals surface area contributed by atoms with Crippen LogP contribution in [-0.4, -0.2) is 46.6 Å². The highest BCUT2D eigenvalue weighted by molar-refractivity contribution is 6.04. The number of carbonyl (C=O) groups excluding carboxylic acids is 1.